The number of esters is 1. The summed E-state index contributed by atoms with van der Waals surface area (Å²) >= 11 is 0. The zero-order valence-corrected chi connectivity index (χ0v) is 11.9. The van der Waals surface area contributed by atoms with Gasteiger partial charge in [0.1, 0.15) is 11.9 Å². The van der Waals surface area contributed by atoms with Gasteiger partial charge in [-0.2, -0.15) is 0 Å². The van der Waals surface area contributed by atoms with Crippen LogP contribution in [0.1, 0.15) is 30.1 Å². The standard InChI is InChI=1S/C16H21NO3/c1-2-19-14-5-3-13(4-6-14)16(18)20-15-11-17-9-7-12(15)8-10-17/h3-6,12,15H,2,7-11H2,1H3/t15-/m1/s1. The molecule has 1 aromatic carbocycles. The summed E-state index contributed by atoms with van der Waals surface area (Å²) in [4.78, 5) is 14.6. The number of carbonyl (C=O) groups excluding carboxylic acids is 1. The summed E-state index contributed by atoms with van der Waals surface area (Å²) in [5.41, 5.74) is 0.602. The molecule has 2 bridgehead atoms. The minimum atomic E-state index is -0.216. The number of hydrogen-bond acceptors (Lipinski definition) is 4. The number of nitrogens with zero attached hydrogens (tertiary/aromatic N) is 1. The van der Waals surface area contributed by atoms with Crippen LogP contribution in [0.3, 0.4) is 0 Å². The fourth-order valence-corrected chi connectivity index (χ4v) is 3.10. The normalized spacial score (nSPS) is 28.1. The Morgan fingerprint density at radius 2 is 1.95 bits per heavy atom. The third-order valence-electron chi connectivity index (χ3n) is 4.26. The molecule has 108 valence electrons. The fourth-order valence-electron chi connectivity index (χ4n) is 3.10. The summed E-state index contributed by atoms with van der Waals surface area (Å²) in [5.74, 6) is 1.12. The van der Waals surface area contributed by atoms with Gasteiger partial charge in [0.05, 0.1) is 12.2 Å². The molecule has 0 radical (unpaired) electrons. The van der Waals surface area contributed by atoms with E-state index in [0.29, 0.717) is 18.1 Å². The highest BCUT2D eigenvalue weighted by atomic mass is 16.5. The van der Waals surface area contributed by atoms with E-state index in [2.05, 4.69) is 4.90 Å². The Balaban J connectivity index is 1.61. The van der Waals surface area contributed by atoms with Crippen molar-refractivity contribution in [2.45, 2.75) is 25.9 Å². The predicted octanol–water partition coefficient (Wildman–Crippen LogP) is 2.34. The second-order valence-electron chi connectivity index (χ2n) is 5.54. The first-order chi connectivity index (χ1) is 9.76. The first-order valence-electron chi connectivity index (χ1n) is 7.42. The highest BCUT2D eigenvalue weighted by Gasteiger charge is 2.36. The van der Waals surface area contributed by atoms with E-state index in [-0.39, 0.29) is 12.1 Å². The molecule has 0 saturated carbocycles. The summed E-state index contributed by atoms with van der Waals surface area (Å²) in [6.07, 6.45) is 2.37. The Hall–Kier alpha value is -1.55. The predicted molar refractivity (Wildman–Crippen MR) is 76.0 cm³/mol. The highest BCUT2D eigenvalue weighted by molar-refractivity contribution is 5.89. The third kappa shape index (κ3) is 2.80. The van der Waals surface area contributed by atoms with Crippen LogP contribution in [0, 0.1) is 5.92 Å². The molecule has 4 heteroatoms. The van der Waals surface area contributed by atoms with E-state index in [4.69, 9.17) is 9.47 Å². The van der Waals surface area contributed by atoms with E-state index in [1.165, 1.54) is 0 Å². The van der Waals surface area contributed by atoms with Crippen molar-refractivity contribution in [1.29, 1.82) is 0 Å². The molecule has 1 aromatic rings. The molecule has 4 rings (SSSR count). The minimum absolute atomic E-state index is 0.0663. The van der Waals surface area contributed by atoms with Crippen LogP contribution in [0.4, 0.5) is 0 Å². The maximum absolute atomic E-state index is 12.2. The molecule has 0 amide bonds. The van der Waals surface area contributed by atoms with Gasteiger partial charge in [0.15, 0.2) is 0 Å². The van der Waals surface area contributed by atoms with Crippen molar-refractivity contribution in [2.75, 3.05) is 26.2 Å². The van der Waals surface area contributed by atoms with Crippen molar-refractivity contribution in [1.82, 2.24) is 4.90 Å². The molecule has 20 heavy (non-hydrogen) atoms. The molecule has 3 heterocycles. The van der Waals surface area contributed by atoms with E-state index in [0.717, 1.165) is 38.2 Å². The average molecular weight is 275 g/mol. The van der Waals surface area contributed by atoms with Crippen LogP contribution in [0.25, 0.3) is 0 Å². The smallest absolute Gasteiger partial charge is 0.338 e. The van der Waals surface area contributed by atoms with Gasteiger partial charge in [-0.25, -0.2) is 4.79 Å². The molecule has 0 N–H and O–H groups in total. The topological polar surface area (TPSA) is 38.8 Å². The summed E-state index contributed by atoms with van der Waals surface area (Å²) in [5, 5.41) is 0. The molecule has 0 unspecified atom stereocenters. The van der Waals surface area contributed by atoms with Crippen molar-refractivity contribution < 1.29 is 14.3 Å². The van der Waals surface area contributed by atoms with Gasteiger partial charge >= 0.3 is 5.97 Å². The van der Waals surface area contributed by atoms with E-state index in [9.17, 15) is 4.79 Å². The number of ether oxygens (including phenoxy) is 2. The third-order valence-corrected chi connectivity index (χ3v) is 4.26. The molecule has 1 atom stereocenters. The molecule has 3 aliphatic rings. The van der Waals surface area contributed by atoms with Crippen LogP contribution in [0.2, 0.25) is 0 Å². The number of piperidine rings is 3. The monoisotopic (exact) mass is 275 g/mol. The maximum Gasteiger partial charge on any atom is 0.338 e. The number of fused-ring (bicyclic) bond motifs is 3. The van der Waals surface area contributed by atoms with Gasteiger partial charge in [-0.1, -0.05) is 0 Å². The molecule has 3 saturated heterocycles. The minimum Gasteiger partial charge on any atom is -0.494 e. The molecule has 0 aliphatic carbocycles. The van der Waals surface area contributed by atoms with Crippen LogP contribution in [-0.2, 0) is 4.74 Å². The van der Waals surface area contributed by atoms with Crippen molar-refractivity contribution >= 4 is 5.97 Å². The Morgan fingerprint density at radius 1 is 1.25 bits per heavy atom. The summed E-state index contributed by atoms with van der Waals surface area (Å²) < 4.78 is 11.1. The number of benzene rings is 1. The Morgan fingerprint density at radius 3 is 2.50 bits per heavy atom. The van der Waals surface area contributed by atoms with Crippen LogP contribution in [0.5, 0.6) is 5.75 Å². The van der Waals surface area contributed by atoms with Gasteiger partial charge < -0.3 is 9.47 Å². The lowest BCUT2D eigenvalue weighted by atomic mass is 9.86. The Kier molecular flexibility index (Phi) is 3.92. The quantitative estimate of drug-likeness (QED) is 0.791. The van der Waals surface area contributed by atoms with Gasteiger partial charge in [-0.15, -0.1) is 0 Å². The zero-order valence-electron chi connectivity index (χ0n) is 11.9. The van der Waals surface area contributed by atoms with Crippen LogP contribution in [-0.4, -0.2) is 43.2 Å². The van der Waals surface area contributed by atoms with Crippen LogP contribution >= 0.6 is 0 Å². The lowest BCUT2D eigenvalue weighted by Gasteiger charge is -2.43. The summed E-state index contributed by atoms with van der Waals surface area (Å²) in [6.45, 7) is 5.77. The van der Waals surface area contributed by atoms with Crippen molar-refractivity contribution in [3.05, 3.63) is 29.8 Å². The van der Waals surface area contributed by atoms with Crippen LogP contribution < -0.4 is 4.74 Å². The summed E-state index contributed by atoms with van der Waals surface area (Å²) in [6, 6.07) is 7.18. The average Bonchev–Trinajstić information content (AvgIpc) is 2.49. The van der Waals surface area contributed by atoms with E-state index < -0.39 is 0 Å². The maximum atomic E-state index is 12.2. The lowest BCUT2D eigenvalue weighted by molar-refractivity contribution is -0.0455. The summed E-state index contributed by atoms with van der Waals surface area (Å²) in [7, 11) is 0. The molecular formula is C16H21NO3. The molecule has 0 aromatic heterocycles. The van der Waals surface area contributed by atoms with Crippen molar-refractivity contribution in [3.63, 3.8) is 0 Å². The van der Waals surface area contributed by atoms with Crippen molar-refractivity contribution in [3.8, 4) is 5.75 Å². The Bertz CT molecular complexity index is 463. The number of rotatable bonds is 4. The van der Waals surface area contributed by atoms with Gasteiger partial charge in [0.25, 0.3) is 0 Å². The van der Waals surface area contributed by atoms with E-state index >= 15 is 0 Å². The fraction of sp³-hybridized carbons (Fsp3) is 0.562. The lowest BCUT2D eigenvalue weighted by Crippen LogP contribution is -2.51. The van der Waals surface area contributed by atoms with Gasteiger partial charge in [0.2, 0.25) is 0 Å². The van der Waals surface area contributed by atoms with Gasteiger partial charge in [-0.3, -0.25) is 4.90 Å². The largest absolute Gasteiger partial charge is 0.494 e. The van der Waals surface area contributed by atoms with Gasteiger partial charge in [0, 0.05) is 6.54 Å². The van der Waals surface area contributed by atoms with Crippen LogP contribution in [0.15, 0.2) is 24.3 Å². The second kappa shape index (κ2) is 5.83. The zero-order chi connectivity index (χ0) is 13.9. The Labute approximate surface area is 119 Å². The van der Waals surface area contributed by atoms with Crippen molar-refractivity contribution in [2.24, 2.45) is 5.92 Å². The van der Waals surface area contributed by atoms with E-state index in [1.54, 1.807) is 12.1 Å². The SMILES string of the molecule is CCOc1ccc(C(=O)O[C@@H]2CN3CCC2CC3)cc1. The highest BCUT2D eigenvalue weighted by Crippen LogP contribution is 2.30. The second-order valence-corrected chi connectivity index (χ2v) is 5.54. The number of carbonyl (C=O) groups is 1. The first kappa shape index (κ1) is 13.4. The molecule has 3 fully saturated rings. The molecular weight excluding hydrogens is 254 g/mol. The van der Waals surface area contributed by atoms with Gasteiger partial charge in [-0.05, 0) is 63.0 Å². The first-order valence-corrected chi connectivity index (χ1v) is 7.42. The molecule has 3 aliphatic heterocycles. The van der Waals surface area contributed by atoms with E-state index in [1.807, 2.05) is 19.1 Å². The molecule has 0 spiro atoms. The number of hydrogen-bond donors (Lipinski definition) is 0. The molecule has 4 nitrogen and oxygen atoms in total.